The quantitative estimate of drug-likeness (QED) is 0.666. The summed E-state index contributed by atoms with van der Waals surface area (Å²) in [7, 11) is -0.743. The summed E-state index contributed by atoms with van der Waals surface area (Å²) in [4.78, 5) is 19.2. The van der Waals surface area contributed by atoms with E-state index in [9.17, 15) is 18.3 Å². The monoisotopic (exact) mass is 415 g/mol. The molecule has 152 valence electrons. The van der Waals surface area contributed by atoms with E-state index >= 15 is 0 Å². The lowest BCUT2D eigenvalue weighted by molar-refractivity contribution is 0.0139. The van der Waals surface area contributed by atoms with Crippen molar-refractivity contribution in [2.45, 2.75) is 17.9 Å². The maximum absolute atomic E-state index is 12.6. The van der Waals surface area contributed by atoms with Gasteiger partial charge in [0.2, 0.25) is 21.3 Å². The van der Waals surface area contributed by atoms with E-state index in [0.717, 1.165) is 35.4 Å². The highest BCUT2D eigenvalue weighted by molar-refractivity contribution is 7.90. The molecule has 1 atom stereocenters. The zero-order valence-corrected chi connectivity index (χ0v) is 17.1. The van der Waals surface area contributed by atoms with E-state index in [2.05, 4.69) is 22.1 Å². The molecule has 0 spiro atoms. The highest BCUT2D eigenvalue weighted by Crippen LogP contribution is 2.30. The van der Waals surface area contributed by atoms with Crippen LogP contribution in [0.2, 0.25) is 0 Å². The van der Waals surface area contributed by atoms with Crippen LogP contribution in [0.15, 0.2) is 23.4 Å². The van der Waals surface area contributed by atoms with Crippen molar-refractivity contribution in [3.8, 4) is 11.8 Å². The molecule has 0 radical (unpaired) electrons. The van der Waals surface area contributed by atoms with Gasteiger partial charge in [-0.25, -0.2) is 8.42 Å². The van der Waals surface area contributed by atoms with Crippen LogP contribution in [0.4, 0.5) is 11.5 Å². The van der Waals surface area contributed by atoms with Gasteiger partial charge in [-0.1, -0.05) is 17.9 Å². The van der Waals surface area contributed by atoms with Gasteiger partial charge in [-0.15, -0.1) is 0 Å². The Kier molecular flexibility index (Phi) is 4.52. The number of carbonyl (C=O) groups excluding carboxylic acids is 1. The van der Waals surface area contributed by atoms with Crippen LogP contribution in [0.3, 0.4) is 0 Å². The molecule has 4 rings (SSSR count). The smallest absolute Gasteiger partial charge is 0.277 e. The second-order valence-electron chi connectivity index (χ2n) is 7.14. The molecule has 29 heavy (non-hydrogen) atoms. The average molecular weight is 415 g/mol. The summed E-state index contributed by atoms with van der Waals surface area (Å²) < 4.78 is 25.3. The number of carbonyl (C=O) groups is 1. The third-order valence-electron chi connectivity index (χ3n) is 5.09. The van der Waals surface area contributed by atoms with E-state index in [-0.39, 0.29) is 23.2 Å². The Bertz CT molecular complexity index is 1180. The standard InChI is InChI=1S/C19H21N5O4S/c1-22-15-16(21-18(22)29(3,27)28)24(19(26)23(2)17(15)25)10-4-5-12-6-7-13-8-9-20-14(13)11-12/h6-7,11,19-20,26H,8-10H2,1-3H3. The molecule has 2 aliphatic heterocycles. The summed E-state index contributed by atoms with van der Waals surface area (Å²) in [5.41, 5.74) is 3.26. The van der Waals surface area contributed by atoms with Gasteiger partial charge in [0.1, 0.15) is 0 Å². The summed E-state index contributed by atoms with van der Waals surface area (Å²) in [6.07, 6.45) is 0.722. The van der Waals surface area contributed by atoms with Gasteiger partial charge in [0.15, 0.2) is 11.5 Å². The molecule has 2 aliphatic rings. The lowest BCUT2D eigenvalue weighted by Crippen LogP contribution is -2.54. The van der Waals surface area contributed by atoms with Crippen LogP contribution in [0.25, 0.3) is 0 Å². The van der Waals surface area contributed by atoms with Gasteiger partial charge < -0.3 is 19.9 Å². The van der Waals surface area contributed by atoms with Crippen molar-refractivity contribution in [2.24, 2.45) is 7.05 Å². The normalized spacial score (nSPS) is 18.1. The van der Waals surface area contributed by atoms with Crippen molar-refractivity contribution >= 4 is 27.2 Å². The molecule has 0 saturated heterocycles. The van der Waals surface area contributed by atoms with Crippen LogP contribution in [0.5, 0.6) is 0 Å². The second-order valence-corrected chi connectivity index (χ2v) is 9.05. The summed E-state index contributed by atoms with van der Waals surface area (Å²) in [5, 5.41) is 13.6. The molecule has 3 heterocycles. The van der Waals surface area contributed by atoms with Gasteiger partial charge in [0.25, 0.3) is 5.91 Å². The van der Waals surface area contributed by atoms with Gasteiger partial charge in [-0.05, 0) is 24.1 Å². The summed E-state index contributed by atoms with van der Waals surface area (Å²) in [6.45, 7) is 0.980. The largest absolute Gasteiger partial charge is 0.384 e. The number of anilines is 2. The van der Waals surface area contributed by atoms with E-state index in [0.29, 0.717) is 0 Å². The molecule has 2 aromatic rings. The number of amides is 1. The van der Waals surface area contributed by atoms with Crippen molar-refractivity contribution < 1.29 is 18.3 Å². The average Bonchev–Trinajstić information content (AvgIpc) is 3.26. The van der Waals surface area contributed by atoms with E-state index in [1.54, 1.807) is 0 Å². The van der Waals surface area contributed by atoms with Gasteiger partial charge in [0, 0.05) is 38.1 Å². The third kappa shape index (κ3) is 3.22. The highest BCUT2D eigenvalue weighted by Gasteiger charge is 2.39. The first-order valence-electron chi connectivity index (χ1n) is 9.03. The molecular formula is C19H21N5O4S. The first kappa shape index (κ1) is 19.3. The van der Waals surface area contributed by atoms with Gasteiger partial charge >= 0.3 is 0 Å². The molecule has 0 aliphatic carbocycles. The summed E-state index contributed by atoms with van der Waals surface area (Å²) >= 11 is 0. The number of fused-ring (bicyclic) bond motifs is 2. The maximum Gasteiger partial charge on any atom is 0.277 e. The van der Waals surface area contributed by atoms with Crippen molar-refractivity contribution in [1.29, 1.82) is 0 Å². The molecular weight excluding hydrogens is 394 g/mol. The fraction of sp³-hybridized carbons (Fsp3) is 0.368. The van der Waals surface area contributed by atoms with Crippen LogP contribution < -0.4 is 10.2 Å². The zero-order chi connectivity index (χ0) is 20.9. The molecule has 0 saturated carbocycles. The van der Waals surface area contributed by atoms with Crippen LogP contribution in [0, 0.1) is 11.8 Å². The van der Waals surface area contributed by atoms with Crippen molar-refractivity contribution in [1.82, 2.24) is 14.5 Å². The fourth-order valence-electron chi connectivity index (χ4n) is 3.58. The molecule has 10 heteroatoms. The molecule has 1 aromatic carbocycles. The minimum atomic E-state index is -3.65. The second kappa shape index (κ2) is 6.79. The first-order valence-corrected chi connectivity index (χ1v) is 10.9. The Morgan fingerprint density at radius 2 is 2.10 bits per heavy atom. The lowest BCUT2D eigenvalue weighted by atomic mass is 10.1. The molecule has 1 aromatic heterocycles. The summed E-state index contributed by atoms with van der Waals surface area (Å²) in [5.74, 6) is 5.64. The van der Waals surface area contributed by atoms with Crippen LogP contribution in [-0.4, -0.2) is 66.6 Å². The van der Waals surface area contributed by atoms with Gasteiger partial charge in [-0.3, -0.25) is 9.69 Å². The molecule has 1 unspecified atom stereocenters. The van der Waals surface area contributed by atoms with E-state index in [4.69, 9.17) is 0 Å². The molecule has 9 nitrogen and oxygen atoms in total. The van der Waals surface area contributed by atoms with Crippen LogP contribution >= 0.6 is 0 Å². The first-order chi connectivity index (χ1) is 13.7. The zero-order valence-electron chi connectivity index (χ0n) is 16.3. The number of aliphatic hydroxyl groups is 1. The number of nitrogens with zero attached hydrogens (tertiary/aromatic N) is 4. The van der Waals surface area contributed by atoms with E-state index in [1.165, 1.54) is 29.1 Å². The lowest BCUT2D eigenvalue weighted by Gasteiger charge is -2.37. The third-order valence-corrected chi connectivity index (χ3v) is 6.12. The molecule has 1 amide bonds. The number of aliphatic hydroxyl groups excluding tert-OH is 1. The number of sulfone groups is 1. The fourth-order valence-corrected chi connectivity index (χ4v) is 4.42. The number of imidazole rings is 1. The Hall–Kier alpha value is -3.03. The predicted octanol–water partition coefficient (Wildman–Crippen LogP) is 0.0112. The van der Waals surface area contributed by atoms with E-state index < -0.39 is 22.1 Å². The molecule has 0 bridgehead atoms. The van der Waals surface area contributed by atoms with E-state index in [1.807, 2.05) is 18.2 Å². The molecule has 0 fully saturated rings. The number of aromatic nitrogens is 2. The Morgan fingerprint density at radius 3 is 2.83 bits per heavy atom. The number of benzene rings is 1. The number of hydrogen-bond acceptors (Lipinski definition) is 7. The van der Waals surface area contributed by atoms with Crippen LogP contribution in [0.1, 0.15) is 21.6 Å². The number of rotatable bonds is 2. The number of hydrogen-bond donors (Lipinski definition) is 2. The number of nitrogens with one attached hydrogen (secondary N) is 1. The SMILES string of the molecule is CN1C(=O)c2c(nc(S(C)(=O)=O)n2C)N(CC#Cc2ccc3c(c2)NCC3)C1O. The Morgan fingerprint density at radius 1 is 1.34 bits per heavy atom. The summed E-state index contributed by atoms with van der Waals surface area (Å²) in [6, 6.07) is 5.96. The minimum Gasteiger partial charge on any atom is -0.384 e. The Balaban J connectivity index is 1.68. The minimum absolute atomic E-state index is 0.0660. The van der Waals surface area contributed by atoms with Gasteiger partial charge in [-0.2, -0.15) is 4.98 Å². The van der Waals surface area contributed by atoms with Crippen molar-refractivity contribution in [3.05, 3.63) is 35.0 Å². The molecule has 2 N–H and O–H groups in total. The maximum atomic E-state index is 12.6. The predicted molar refractivity (Wildman–Crippen MR) is 107 cm³/mol. The van der Waals surface area contributed by atoms with Gasteiger partial charge in [0.05, 0.1) is 6.54 Å². The van der Waals surface area contributed by atoms with Crippen molar-refractivity contribution in [3.63, 3.8) is 0 Å². The van der Waals surface area contributed by atoms with Crippen molar-refractivity contribution in [2.75, 3.05) is 36.6 Å². The van der Waals surface area contributed by atoms with Crippen LogP contribution in [-0.2, 0) is 23.3 Å². The highest BCUT2D eigenvalue weighted by atomic mass is 32.2. The Labute approximate surface area is 168 Å². The topological polar surface area (TPSA) is 108 Å².